The lowest BCUT2D eigenvalue weighted by atomic mass is 9.80. The summed E-state index contributed by atoms with van der Waals surface area (Å²) in [6.45, 7) is 4.74. The van der Waals surface area contributed by atoms with Gasteiger partial charge in [0.15, 0.2) is 0 Å². The zero-order valence-corrected chi connectivity index (χ0v) is 28.1. The summed E-state index contributed by atoms with van der Waals surface area (Å²) in [6.07, 6.45) is 3.69. The van der Waals surface area contributed by atoms with Crippen LogP contribution in [0.4, 0.5) is 0 Å². The fourth-order valence-electron chi connectivity index (χ4n) is 8.25. The molecule has 0 unspecified atom stereocenters. The molecule has 10 rings (SSSR count). The Morgan fingerprint density at radius 2 is 0.900 bits per heavy atom. The first-order valence-corrected chi connectivity index (χ1v) is 17.4. The third kappa shape index (κ3) is 4.38. The second kappa shape index (κ2) is 10.9. The van der Waals surface area contributed by atoms with Crippen molar-refractivity contribution < 1.29 is 0 Å². The molecule has 7 aromatic carbocycles. The van der Waals surface area contributed by atoms with E-state index in [0.717, 1.165) is 0 Å². The van der Waals surface area contributed by atoms with E-state index < -0.39 is 0 Å². The molecule has 0 amide bonds. The van der Waals surface area contributed by atoms with Crippen molar-refractivity contribution in [2.75, 3.05) is 0 Å². The third-order valence-corrected chi connectivity index (χ3v) is 10.9. The van der Waals surface area contributed by atoms with E-state index in [-0.39, 0.29) is 5.41 Å². The minimum Gasteiger partial charge on any atom is -0.309 e. The van der Waals surface area contributed by atoms with Gasteiger partial charge < -0.3 is 4.57 Å². The van der Waals surface area contributed by atoms with Crippen LogP contribution >= 0.6 is 0 Å². The first-order valence-electron chi connectivity index (χ1n) is 17.4. The topological polar surface area (TPSA) is 17.8 Å². The standard InChI is InChI=1S/C48H34N2/c1-48(2)44-29-36(32-13-11-31(12-14-32)34-23-25-49-26-24-34)18-21-40(44)41-22-19-37(30-45(41)48)35-16-15-33-17-20-39(28-38(33)27-35)50-46-9-5-3-7-42(46)43-8-4-6-10-47(43)50/h3-30H,1-2H3. The van der Waals surface area contributed by atoms with Gasteiger partial charge in [-0.3, -0.25) is 4.98 Å². The molecule has 0 radical (unpaired) electrons. The molecule has 0 N–H and O–H groups in total. The summed E-state index contributed by atoms with van der Waals surface area (Å²) in [6, 6.07) is 58.2. The Morgan fingerprint density at radius 3 is 1.54 bits per heavy atom. The van der Waals surface area contributed by atoms with Crippen LogP contribution in [-0.4, -0.2) is 9.55 Å². The summed E-state index contributed by atoms with van der Waals surface area (Å²) in [5, 5.41) is 5.05. The van der Waals surface area contributed by atoms with E-state index in [0.29, 0.717) is 0 Å². The van der Waals surface area contributed by atoms with Gasteiger partial charge in [-0.2, -0.15) is 0 Å². The number of hydrogen-bond donors (Lipinski definition) is 0. The highest BCUT2D eigenvalue weighted by molar-refractivity contribution is 6.09. The highest BCUT2D eigenvalue weighted by Gasteiger charge is 2.36. The third-order valence-electron chi connectivity index (χ3n) is 10.9. The molecule has 9 aromatic rings. The van der Waals surface area contributed by atoms with Crippen LogP contribution in [-0.2, 0) is 5.41 Å². The molecular weight excluding hydrogens is 605 g/mol. The molecule has 2 aromatic heterocycles. The predicted molar refractivity (Wildman–Crippen MR) is 210 cm³/mol. The lowest BCUT2D eigenvalue weighted by Gasteiger charge is -2.22. The van der Waals surface area contributed by atoms with E-state index in [2.05, 4.69) is 181 Å². The van der Waals surface area contributed by atoms with Crippen LogP contribution in [0.1, 0.15) is 25.0 Å². The SMILES string of the molecule is CC1(C)c2cc(-c3ccc(-c4ccncc4)cc3)ccc2-c2ccc(-c3ccc4ccc(-n5c6ccccc6c6ccccc65)cc4c3)cc21. The number of benzene rings is 7. The van der Waals surface area contributed by atoms with E-state index in [1.807, 2.05) is 12.4 Å². The molecule has 0 saturated carbocycles. The molecule has 1 aliphatic rings. The van der Waals surface area contributed by atoms with Crippen molar-refractivity contribution in [3.05, 3.63) is 181 Å². The number of aromatic nitrogens is 2. The number of pyridine rings is 1. The number of rotatable bonds is 4. The molecule has 0 bridgehead atoms. The Hall–Kier alpha value is -6.25. The van der Waals surface area contributed by atoms with Gasteiger partial charge >= 0.3 is 0 Å². The van der Waals surface area contributed by atoms with Gasteiger partial charge in [-0.15, -0.1) is 0 Å². The number of fused-ring (bicyclic) bond motifs is 7. The first-order chi connectivity index (χ1) is 24.5. The molecule has 0 fully saturated rings. The summed E-state index contributed by atoms with van der Waals surface area (Å²) < 4.78 is 2.40. The highest BCUT2D eigenvalue weighted by atomic mass is 15.0. The van der Waals surface area contributed by atoms with E-state index in [4.69, 9.17) is 0 Å². The Labute approximate surface area is 291 Å². The molecule has 0 atom stereocenters. The smallest absolute Gasteiger partial charge is 0.0541 e. The minimum absolute atomic E-state index is 0.117. The van der Waals surface area contributed by atoms with Crippen LogP contribution < -0.4 is 0 Å². The van der Waals surface area contributed by atoms with Gasteiger partial charge in [-0.05, 0) is 121 Å². The van der Waals surface area contributed by atoms with Crippen molar-refractivity contribution in [2.24, 2.45) is 0 Å². The summed E-state index contributed by atoms with van der Waals surface area (Å²) in [7, 11) is 0. The van der Waals surface area contributed by atoms with Gasteiger partial charge in [0, 0.05) is 34.3 Å². The average Bonchev–Trinajstić information content (AvgIpc) is 3.63. The highest BCUT2D eigenvalue weighted by Crippen LogP contribution is 2.50. The number of hydrogen-bond acceptors (Lipinski definition) is 1. The first kappa shape index (κ1) is 28.7. The normalized spacial score (nSPS) is 13.2. The van der Waals surface area contributed by atoms with Gasteiger partial charge in [0.05, 0.1) is 11.0 Å². The Bertz CT molecular complexity index is 2710. The number of para-hydroxylation sites is 2. The van der Waals surface area contributed by atoms with Crippen molar-refractivity contribution in [1.29, 1.82) is 0 Å². The molecule has 0 spiro atoms. The van der Waals surface area contributed by atoms with Crippen LogP contribution in [0, 0.1) is 0 Å². The Morgan fingerprint density at radius 1 is 0.420 bits per heavy atom. The molecule has 0 aliphatic heterocycles. The summed E-state index contributed by atoms with van der Waals surface area (Å²) in [5.41, 5.74) is 16.3. The van der Waals surface area contributed by atoms with Crippen molar-refractivity contribution in [2.45, 2.75) is 19.3 Å². The van der Waals surface area contributed by atoms with Gasteiger partial charge in [0.1, 0.15) is 0 Å². The maximum Gasteiger partial charge on any atom is 0.0541 e. The van der Waals surface area contributed by atoms with E-state index >= 15 is 0 Å². The zero-order chi connectivity index (χ0) is 33.4. The largest absolute Gasteiger partial charge is 0.309 e. The molecule has 236 valence electrons. The Balaban J connectivity index is 1.01. The maximum atomic E-state index is 4.16. The number of nitrogens with zero attached hydrogens (tertiary/aromatic N) is 2. The monoisotopic (exact) mass is 638 g/mol. The fourth-order valence-corrected chi connectivity index (χ4v) is 8.25. The molecule has 2 heteroatoms. The van der Waals surface area contributed by atoms with E-state index in [1.54, 1.807) is 0 Å². The lowest BCUT2D eigenvalue weighted by Crippen LogP contribution is -2.15. The molecule has 2 nitrogen and oxygen atoms in total. The minimum atomic E-state index is -0.117. The molecule has 0 saturated heterocycles. The van der Waals surface area contributed by atoms with Crippen LogP contribution in [0.5, 0.6) is 0 Å². The van der Waals surface area contributed by atoms with Crippen LogP contribution in [0.2, 0.25) is 0 Å². The van der Waals surface area contributed by atoms with E-state index in [9.17, 15) is 0 Å². The summed E-state index contributed by atoms with van der Waals surface area (Å²) in [5.74, 6) is 0. The summed E-state index contributed by atoms with van der Waals surface area (Å²) >= 11 is 0. The van der Waals surface area contributed by atoms with Gasteiger partial charge in [0.25, 0.3) is 0 Å². The van der Waals surface area contributed by atoms with E-state index in [1.165, 1.54) is 93.9 Å². The summed E-state index contributed by atoms with van der Waals surface area (Å²) in [4.78, 5) is 4.16. The van der Waals surface area contributed by atoms with Crippen molar-refractivity contribution in [3.8, 4) is 50.2 Å². The van der Waals surface area contributed by atoms with Gasteiger partial charge in [0.2, 0.25) is 0 Å². The van der Waals surface area contributed by atoms with Crippen LogP contribution in [0.3, 0.4) is 0 Å². The van der Waals surface area contributed by atoms with Crippen molar-refractivity contribution in [3.63, 3.8) is 0 Å². The fraction of sp³-hybridized carbons (Fsp3) is 0.0625. The molecule has 1 aliphatic carbocycles. The second-order valence-electron chi connectivity index (χ2n) is 14.1. The lowest BCUT2D eigenvalue weighted by molar-refractivity contribution is 0.661. The predicted octanol–water partition coefficient (Wildman–Crippen LogP) is 12.6. The van der Waals surface area contributed by atoms with Crippen LogP contribution in [0.25, 0.3) is 82.8 Å². The van der Waals surface area contributed by atoms with Gasteiger partial charge in [-0.25, -0.2) is 0 Å². The second-order valence-corrected chi connectivity index (χ2v) is 14.1. The van der Waals surface area contributed by atoms with Gasteiger partial charge in [-0.1, -0.05) is 117 Å². The Kier molecular flexibility index (Phi) is 6.25. The van der Waals surface area contributed by atoms with Crippen molar-refractivity contribution in [1.82, 2.24) is 9.55 Å². The quantitative estimate of drug-likeness (QED) is 0.188. The maximum absolute atomic E-state index is 4.16. The average molecular weight is 639 g/mol. The van der Waals surface area contributed by atoms with Crippen molar-refractivity contribution >= 4 is 32.6 Å². The zero-order valence-electron chi connectivity index (χ0n) is 28.1. The molecule has 2 heterocycles. The van der Waals surface area contributed by atoms with Crippen LogP contribution in [0.15, 0.2) is 170 Å². The molecular formula is C48H34N2. The molecule has 50 heavy (non-hydrogen) atoms.